The highest BCUT2D eigenvalue weighted by atomic mass is 35.5. The van der Waals surface area contributed by atoms with Crippen LogP contribution in [0.3, 0.4) is 0 Å². The number of sulfonamides is 1. The average Bonchev–Trinajstić information content (AvgIpc) is 2.68. The largest absolute Gasteiger partial charge is 0.335 e. The van der Waals surface area contributed by atoms with Crippen LogP contribution in [-0.4, -0.2) is 32.3 Å². The minimum atomic E-state index is -3.74. The third-order valence-electron chi connectivity index (χ3n) is 3.90. The minimum absolute atomic E-state index is 0.00388. The Morgan fingerprint density at radius 2 is 1.96 bits per heavy atom. The van der Waals surface area contributed by atoms with Gasteiger partial charge < -0.3 is 4.90 Å². The number of amides is 1. The second-order valence-corrected chi connectivity index (χ2v) is 8.18. The number of halogens is 1. The molecule has 0 aliphatic carbocycles. The maximum Gasteiger partial charge on any atom is 0.240 e. The summed E-state index contributed by atoms with van der Waals surface area (Å²) in [6.45, 7) is 4.30. The van der Waals surface area contributed by atoms with Gasteiger partial charge in [0.1, 0.15) is 0 Å². The predicted molar refractivity (Wildman–Crippen MR) is 108 cm³/mol. The lowest BCUT2D eigenvalue weighted by molar-refractivity contribution is -0.131. The summed E-state index contributed by atoms with van der Waals surface area (Å²) in [5, 5.41) is 9.17. The highest BCUT2D eigenvalue weighted by Crippen LogP contribution is 2.15. The van der Waals surface area contributed by atoms with Gasteiger partial charge in [0.2, 0.25) is 15.9 Å². The molecule has 0 saturated carbocycles. The maximum absolute atomic E-state index is 12.5. The molecule has 1 amide bonds. The first-order valence-corrected chi connectivity index (χ1v) is 10.3. The van der Waals surface area contributed by atoms with E-state index in [9.17, 15) is 13.2 Å². The van der Waals surface area contributed by atoms with Crippen LogP contribution in [0.2, 0.25) is 5.02 Å². The van der Waals surface area contributed by atoms with Gasteiger partial charge >= 0.3 is 0 Å². The van der Waals surface area contributed by atoms with Crippen molar-refractivity contribution in [3.63, 3.8) is 0 Å². The number of nitrogens with zero attached hydrogens (tertiary/aromatic N) is 2. The quantitative estimate of drug-likeness (QED) is 0.635. The number of hydrogen-bond donors (Lipinski definition) is 1. The first kappa shape index (κ1) is 21.6. The summed E-state index contributed by atoms with van der Waals surface area (Å²) in [5.74, 6) is -0.210. The molecule has 0 fully saturated rings. The summed E-state index contributed by atoms with van der Waals surface area (Å²) in [4.78, 5) is 14.1. The lowest BCUT2D eigenvalue weighted by atomic mass is 10.1. The fraction of sp³-hybridized carbons (Fsp3) is 0.200. The molecule has 2 aromatic carbocycles. The molecule has 0 heterocycles. The van der Waals surface area contributed by atoms with Crippen molar-refractivity contribution in [1.82, 2.24) is 9.62 Å². The number of carbonyl (C=O) groups is 1. The molecule has 0 saturated heterocycles. The highest BCUT2D eigenvalue weighted by Gasteiger charge is 2.17. The van der Waals surface area contributed by atoms with Gasteiger partial charge in [0, 0.05) is 31.1 Å². The first-order valence-electron chi connectivity index (χ1n) is 8.48. The van der Waals surface area contributed by atoms with Gasteiger partial charge in [-0.05, 0) is 35.9 Å². The molecule has 0 aliphatic heterocycles. The van der Waals surface area contributed by atoms with Gasteiger partial charge in [-0.3, -0.25) is 4.79 Å². The van der Waals surface area contributed by atoms with E-state index in [1.165, 1.54) is 12.1 Å². The van der Waals surface area contributed by atoms with Crippen molar-refractivity contribution < 1.29 is 13.2 Å². The Bertz CT molecular complexity index is 983. The second-order valence-electron chi connectivity index (χ2n) is 5.98. The van der Waals surface area contributed by atoms with Crippen LogP contribution in [0.5, 0.6) is 0 Å². The molecule has 0 unspecified atom stereocenters. The van der Waals surface area contributed by atoms with Crippen molar-refractivity contribution in [2.45, 2.75) is 17.9 Å². The normalized spacial score (nSPS) is 10.9. The Morgan fingerprint density at radius 3 is 2.57 bits per heavy atom. The van der Waals surface area contributed by atoms with Crippen LogP contribution in [0.25, 0.3) is 0 Å². The molecule has 6 nitrogen and oxygen atoms in total. The molecule has 0 radical (unpaired) electrons. The van der Waals surface area contributed by atoms with Gasteiger partial charge in [0.15, 0.2) is 0 Å². The van der Waals surface area contributed by atoms with E-state index in [2.05, 4.69) is 11.3 Å². The smallest absolute Gasteiger partial charge is 0.240 e. The summed E-state index contributed by atoms with van der Waals surface area (Å²) in [5.41, 5.74) is 1.41. The van der Waals surface area contributed by atoms with Crippen LogP contribution in [0.4, 0.5) is 0 Å². The highest BCUT2D eigenvalue weighted by molar-refractivity contribution is 7.89. The fourth-order valence-corrected chi connectivity index (χ4v) is 3.82. The topological polar surface area (TPSA) is 90.3 Å². The van der Waals surface area contributed by atoms with E-state index in [-0.39, 0.29) is 23.8 Å². The summed E-state index contributed by atoms with van der Waals surface area (Å²) in [6, 6.07) is 14.9. The van der Waals surface area contributed by atoms with Gasteiger partial charge in [0.25, 0.3) is 0 Å². The Kier molecular flexibility index (Phi) is 7.76. The third-order valence-corrected chi connectivity index (χ3v) is 5.59. The Hall–Kier alpha value is -2.66. The number of carbonyl (C=O) groups excluding carboxylic acids is 1. The van der Waals surface area contributed by atoms with Crippen molar-refractivity contribution >= 4 is 27.5 Å². The minimum Gasteiger partial charge on any atom is -0.335 e. The summed E-state index contributed by atoms with van der Waals surface area (Å²) in [6.07, 6.45) is 1.61. The fourth-order valence-electron chi connectivity index (χ4n) is 2.48. The van der Waals surface area contributed by atoms with Gasteiger partial charge in [-0.15, -0.1) is 6.58 Å². The molecule has 28 heavy (non-hydrogen) atoms. The van der Waals surface area contributed by atoms with Gasteiger partial charge in [-0.25, -0.2) is 13.1 Å². The molecular weight excluding hydrogens is 398 g/mol. The molecule has 2 aromatic rings. The predicted octanol–water partition coefficient (Wildman–Crippen LogP) is 3.09. The molecule has 0 spiro atoms. The van der Waals surface area contributed by atoms with Crippen molar-refractivity contribution in [3.8, 4) is 6.07 Å². The maximum atomic E-state index is 12.5. The van der Waals surface area contributed by atoms with E-state index in [0.717, 1.165) is 5.56 Å². The van der Waals surface area contributed by atoms with E-state index < -0.39 is 10.0 Å². The van der Waals surface area contributed by atoms with Gasteiger partial charge in [0.05, 0.1) is 16.5 Å². The molecular formula is C20H20ClN3O3S. The molecule has 0 bridgehead atoms. The van der Waals surface area contributed by atoms with Crippen molar-refractivity contribution in [2.75, 3.05) is 13.1 Å². The number of rotatable bonds is 9. The van der Waals surface area contributed by atoms with E-state index in [4.69, 9.17) is 16.9 Å². The number of nitrogens with one attached hydrogen (secondary N) is 1. The van der Waals surface area contributed by atoms with Crippen molar-refractivity contribution in [1.29, 1.82) is 5.26 Å². The van der Waals surface area contributed by atoms with Crippen LogP contribution in [0.1, 0.15) is 17.5 Å². The lowest BCUT2D eigenvalue weighted by Gasteiger charge is -2.21. The molecule has 0 atom stereocenters. The zero-order valence-corrected chi connectivity index (χ0v) is 16.7. The number of nitriles is 1. The summed E-state index contributed by atoms with van der Waals surface area (Å²) >= 11 is 5.83. The SMILES string of the molecule is C=CCN(Cc1ccc(C#N)cc1)C(=O)CCNS(=O)(=O)c1cccc(Cl)c1. The second kappa shape index (κ2) is 10.0. The number of hydrogen-bond acceptors (Lipinski definition) is 4. The van der Waals surface area contributed by atoms with Crippen LogP contribution in [-0.2, 0) is 21.4 Å². The third kappa shape index (κ3) is 6.20. The van der Waals surface area contributed by atoms with Crippen molar-refractivity contribution in [3.05, 3.63) is 77.3 Å². The molecule has 0 aliphatic rings. The van der Waals surface area contributed by atoms with Crippen LogP contribution < -0.4 is 4.72 Å². The van der Waals surface area contributed by atoms with Gasteiger partial charge in [-0.2, -0.15) is 5.26 Å². The number of benzene rings is 2. The van der Waals surface area contributed by atoms with E-state index in [0.29, 0.717) is 23.7 Å². The summed E-state index contributed by atoms with van der Waals surface area (Å²) in [7, 11) is -3.74. The standard InChI is InChI=1S/C20H20ClN3O3S/c1-2-12-24(15-17-8-6-16(14-22)7-9-17)20(25)10-11-23-28(26,27)19-5-3-4-18(21)13-19/h2-9,13,23H,1,10-12,15H2. The Balaban J connectivity index is 1.96. The molecule has 8 heteroatoms. The summed E-state index contributed by atoms with van der Waals surface area (Å²) < 4.78 is 27.0. The first-order chi connectivity index (χ1) is 13.4. The van der Waals surface area contributed by atoms with E-state index in [1.54, 1.807) is 47.4 Å². The van der Waals surface area contributed by atoms with Crippen LogP contribution in [0, 0.1) is 11.3 Å². The van der Waals surface area contributed by atoms with Crippen LogP contribution >= 0.6 is 11.6 Å². The molecule has 2 rings (SSSR count). The molecule has 1 N–H and O–H groups in total. The Labute approximate surface area is 170 Å². The molecule has 146 valence electrons. The monoisotopic (exact) mass is 417 g/mol. The average molecular weight is 418 g/mol. The van der Waals surface area contributed by atoms with Crippen molar-refractivity contribution in [2.24, 2.45) is 0 Å². The van der Waals surface area contributed by atoms with E-state index >= 15 is 0 Å². The zero-order valence-electron chi connectivity index (χ0n) is 15.1. The lowest BCUT2D eigenvalue weighted by Crippen LogP contribution is -2.34. The van der Waals surface area contributed by atoms with Gasteiger partial charge in [-0.1, -0.05) is 35.9 Å². The van der Waals surface area contributed by atoms with Crippen LogP contribution in [0.15, 0.2) is 66.1 Å². The molecule has 0 aromatic heterocycles. The van der Waals surface area contributed by atoms with E-state index in [1.807, 2.05) is 6.07 Å². The Morgan fingerprint density at radius 1 is 1.25 bits per heavy atom. The zero-order chi connectivity index (χ0) is 20.6.